The van der Waals surface area contributed by atoms with E-state index in [1.165, 1.54) is 17.4 Å². The van der Waals surface area contributed by atoms with Gasteiger partial charge in [0.1, 0.15) is 17.4 Å². The van der Waals surface area contributed by atoms with Crippen LogP contribution in [0.15, 0.2) is 52.3 Å². The summed E-state index contributed by atoms with van der Waals surface area (Å²) >= 11 is 4.88. The molecule has 9 heteroatoms. The molecular weight excluding hydrogens is 446 g/mol. The van der Waals surface area contributed by atoms with Gasteiger partial charge in [0.25, 0.3) is 0 Å². The average Bonchev–Trinajstić information content (AvgIpc) is 3.14. The van der Waals surface area contributed by atoms with Gasteiger partial charge in [0, 0.05) is 15.5 Å². The quantitative estimate of drug-likeness (QED) is 0.528. The number of nitrogens with zero attached hydrogens (tertiary/aromatic N) is 1. The Morgan fingerprint density at radius 3 is 2.82 bits per heavy atom. The number of nitrogens with two attached hydrogens (primary N) is 1. The van der Waals surface area contributed by atoms with Gasteiger partial charge in [-0.25, -0.2) is 14.6 Å². The lowest BCUT2D eigenvalue weighted by molar-refractivity contribution is 0.0468. The highest BCUT2D eigenvalue weighted by Crippen LogP contribution is 2.34. The number of ether oxygens (including phenoxy) is 2. The number of hydrogen-bond donors (Lipinski definition) is 2. The molecule has 1 heterocycles. The van der Waals surface area contributed by atoms with Crippen LogP contribution in [0.2, 0.25) is 0 Å². The number of carbonyl (C=O) groups excluding carboxylic acids is 2. The summed E-state index contributed by atoms with van der Waals surface area (Å²) in [6.07, 6.45) is 0. The molecule has 3 rings (SSSR count). The van der Waals surface area contributed by atoms with Crippen LogP contribution in [0.1, 0.15) is 16.1 Å². The van der Waals surface area contributed by atoms with Crippen molar-refractivity contribution in [2.75, 3.05) is 12.4 Å². The van der Waals surface area contributed by atoms with Crippen LogP contribution in [0.4, 0.5) is 10.5 Å². The first-order valence-electron chi connectivity index (χ1n) is 8.08. The Morgan fingerprint density at radius 2 is 2.07 bits per heavy atom. The third kappa shape index (κ3) is 4.87. The number of halogens is 1. The first kappa shape index (κ1) is 19.8. The van der Waals surface area contributed by atoms with E-state index in [0.29, 0.717) is 22.7 Å². The van der Waals surface area contributed by atoms with Crippen LogP contribution in [0.3, 0.4) is 0 Å². The second-order valence-electron chi connectivity index (χ2n) is 5.63. The van der Waals surface area contributed by atoms with Gasteiger partial charge in [-0.3, -0.25) is 0 Å². The first-order valence-corrected chi connectivity index (χ1v) is 9.75. The molecule has 2 aromatic carbocycles. The monoisotopic (exact) mass is 461 g/mol. The predicted octanol–water partition coefficient (Wildman–Crippen LogP) is 4.43. The van der Waals surface area contributed by atoms with Gasteiger partial charge in [0.05, 0.1) is 23.9 Å². The molecule has 1 aromatic heterocycles. The first-order chi connectivity index (χ1) is 13.5. The van der Waals surface area contributed by atoms with E-state index in [9.17, 15) is 9.59 Å². The Labute approximate surface area is 173 Å². The fraction of sp³-hybridized carbons (Fsp3) is 0.105. The second-order valence-corrected chi connectivity index (χ2v) is 7.41. The molecule has 0 aliphatic rings. The molecule has 0 radical (unpaired) electrons. The van der Waals surface area contributed by atoms with Crippen LogP contribution >= 0.6 is 27.3 Å². The summed E-state index contributed by atoms with van der Waals surface area (Å²) in [6, 6.07) is 11.3. The van der Waals surface area contributed by atoms with Crippen molar-refractivity contribution >= 4 is 45.0 Å². The van der Waals surface area contributed by atoms with Crippen molar-refractivity contribution < 1.29 is 19.1 Å². The molecule has 0 bridgehead atoms. The van der Waals surface area contributed by atoms with Gasteiger partial charge in [-0.05, 0) is 36.4 Å². The number of esters is 1. The Balaban J connectivity index is 1.69. The molecule has 7 nitrogen and oxygen atoms in total. The Morgan fingerprint density at radius 1 is 1.25 bits per heavy atom. The van der Waals surface area contributed by atoms with Crippen LogP contribution in [-0.4, -0.2) is 24.1 Å². The SMILES string of the molecule is COc1ccc(Br)cc1-c1nc(COC(=O)c2cccc(NC(N)=O)c2)cs1. The summed E-state index contributed by atoms with van der Waals surface area (Å²) in [5.74, 6) is 0.183. The number of primary amides is 1. The van der Waals surface area contributed by atoms with E-state index in [4.69, 9.17) is 15.2 Å². The van der Waals surface area contributed by atoms with Gasteiger partial charge in [-0.15, -0.1) is 11.3 Å². The lowest BCUT2D eigenvalue weighted by atomic mass is 10.2. The van der Waals surface area contributed by atoms with Gasteiger partial charge in [0.15, 0.2) is 0 Å². The van der Waals surface area contributed by atoms with Crippen molar-refractivity contribution in [2.24, 2.45) is 5.73 Å². The third-order valence-electron chi connectivity index (χ3n) is 3.66. The summed E-state index contributed by atoms with van der Waals surface area (Å²) in [5, 5.41) is 5.00. The van der Waals surface area contributed by atoms with E-state index in [2.05, 4.69) is 26.2 Å². The molecular formula is C19H16BrN3O4S. The number of benzene rings is 2. The van der Waals surface area contributed by atoms with Crippen LogP contribution in [-0.2, 0) is 11.3 Å². The number of anilines is 1. The number of rotatable bonds is 6. The van der Waals surface area contributed by atoms with Crippen molar-refractivity contribution in [2.45, 2.75) is 6.61 Å². The fourth-order valence-electron chi connectivity index (χ4n) is 2.43. The maximum Gasteiger partial charge on any atom is 0.338 e. The summed E-state index contributed by atoms with van der Waals surface area (Å²) in [4.78, 5) is 27.7. The number of carbonyl (C=O) groups is 2. The molecule has 28 heavy (non-hydrogen) atoms. The molecule has 0 aliphatic carbocycles. The number of aromatic nitrogens is 1. The number of methoxy groups -OCH3 is 1. The van der Waals surface area contributed by atoms with Gasteiger partial charge < -0.3 is 20.5 Å². The molecule has 0 fully saturated rings. The highest BCUT2D eigenvalue weighted by molar-refractivity contribution is 9.10. The van der Waals surface area contributed by atoms with E-state index in [0.717, 1.165) is 15.0 Å². The van der Waals surface area contributed by atoms with Gasteiger partial charge in [-0.1, -0.05) is 22.0 Å². The van der Waals surface area contributed by atoms with Gasteiger partial charge >= 0.3 is 12.0 Å². The molecule has 0 atom stereocenters. The van der Waals surface area contributed by atoms with E-state index in [-0.39, 0.29) is 6.61 Å². The van der Waals surface area contributed by atoms with E-state index < -0.39 is 12.0 Å². The normalized spacial score (nSPS) is 10.4. The molecule has 0 aliphatic heterocycles. The summed E-state index contributed by atoms with van der Waals surface area (Å²) in [5.41, 5.74) is 7.28. The summed E-state index contributed by atoms with van der Waals surface area (Å²) < 4.78 is 11.6. The minimum Gasteiger partial charge on any atom is -0.496 e. The van der Waals surface area contributed by atoms with Crippen molar-refractivity contribution in [3.8, 4) is 16.3 Å². The number of hydrogen-bond acceptors (Lipinski definition) is 6. The number of amides is 2. The molecule has 3 N–H and O–H groups in total. The van der Waals surface area contributed by atoms with Gasteiger partial charge in [-0.2, -0.15) is 0 Å². The Bertz CT molecular complexity index is 1020. The lowest BCUT2D eigenvalue weighted by Gasteiger charge is -2.07. The number of thiazole rings is 1. The zero-order valence-corrected chi connectivity index (χ0v) is 17.2. The third-order valence-corrected chi connectivity index (χ3v) is 5.08. The Kier molecular flexibility index (Phi) is 6.27. The highest BCUT2D eigenvalue weighted by atomic mass is 79.9. The van der Waals surface area contributed by atoms with E-state index in [1.807, 2.05) is 23.6 Å². The minimum absolute atomic E-state index is 0.0269. The van der Waals surface area contributed by atoms with E-state index in [1.54, 1.807) is 25.3 Å². The average molecular weight is 462 g/mol. The minimum atomic E-state index is -0.705. The fourth-order valence-corrected chi connectivity index (χ4v) is 3.62. The van der Waals surface area contributed by atoms with Crippen molar-refractivity contribution in [1.29, 1.82) is 0 Å². The molecule has 0 unspecified atom stereocenters. The zero-order chi connectivity index (χ0) is 20.1. The highest BCUT2D eigenvalue weighted by Gasteiger charge is 2.13. The van der Waals surface area contributed by atoms with Crippen molar-refractivity contribution in [3.05, 3.63) is 63.6 Å². The van der Waals surface area contributed by atoms with Crippen molar-refractivity contribution in [1.82, 2.24) is 4.98 Å². The molecule has 2 amide bonds. The number of urea groups is 1. The second kappa shape index (κ2) is 8.85. The van der Waals surface area contributed by atoms with E-state index >= 15 is 0 Å². The molecule has 0 saturated carbocycles. The summed E-state index contributed by atoms with van der Waals surface area (Å²) in [7, 11) is 1.60. The predicted molar refractivity (Wildman–Crippen MR) is 111 cm³/mol. The lowest BCUT2D eigenvalue weighted by Crippen LogP contribution is -2.19. The number of nitrogens with one attached hydrogen (secondary N) is 1. The largest absolute Gasteiger partial charge is 0.496 e. The van der Waals surface area contributed by atoms with Gasteiger partial charge in [0.2, 0.25) is 0 Å². The molecule has 0 saturated heterocycles. The topological polar surface area (TPSA) is 104 Å². The zero-order valence-electron chi connectivity index (χ0n) is 14.8. The van der Waals surface area contributed by atoms with Crippen LogP contribution < -0.4 is 15.8 Å². The maximum absolute atomic E-state index is 12.3. The molecule has 0 spiro atoms. The Hall–Kier alpha value is -2.91. The van der Waals surface area contributed by atoms with Crippen LogP contribution in [0.25, 0.3) is 10.6 Å². The van der Waals surface area contributed by atoms with Crippen LogP contribution in [0, 0.1) is 0 Å². The molecule has 3 aromatic rings. The maximum atomic E-state index is 12.3. The molecule has 144 valence electrons. The smallest absolute Gasteiger partial charge is 0.338 e. The standard InChI is InChI=1S/C19H16BrN3O4S/c1-26-16-6-5-12(20)8-15(16)17-22-14(10-28-17)9-27-18(24)11-3-2-4-13(7-11)23-19(21)25/h2-8,10H,9H2,1H3,(H3,21,23,25). The van der Waals surface area contributed by atoms with Crippen molar-refractivity contribution in [3.63, 3.8) is 0 Å². The summed E-state index contributed by atoms with van der Waals surface area (Å²) in [6.45, 7) is 0.0269. The van der Waals surface area contributed by atoms with Crippen LogP contribution in [0.5, 0.6) is 5.75 Å².